The second-order valence-corrected chi connectivity index (χ2v) is 5.30. The molecule has 2 aromatic carbocycles. The number of halogens is 3. The predicted octanol–water partition coefficient (Wildman–Crippen LogP) is 4.52. The highest BCUT2D eigenvalue weighted by Crippen LogP contribution is 2.40. The largest absolute Gasteiger partial charge is 0.435 e. The zero-order valence-corrected chi connectivity index (χ0v) is 12.7. The van der Waals surface area contributed by atoms with Crippen molar-refractivity contribution in [2.24, 2.45) is 0 Å². The van der Waals surface area contributed by atoms with Crippen LogP contribution in [0.25, 0.3) is 16.8 Å². The molecule has 123 valence electrons. The number of alkyl halides is 3. The summed E-state index contributed by atoms with van der Waals surface area (Å²) in [5, 5.41) is 3.73. The molecule has 0 amide bonds. The molecule has 1 aromatic heterocycles. The first kappa shape index (κ1) is 16.1. The van der Waals surface area contributed by atoms with Crippen molar-refractivity contribution < 1.29 is 13.2 Å². The lowest BCUT2D eigenvalue weighted by atomic mass is 10.1. The van der Waals surface area contributed by atoms with Crippen molar-refractivity contribution in [1.29, 1.82) is 0 Å². The maximum absolute atomic E-state index is 13.4. The molecule has 24 heavy (non-hydrogen) atoms. The van der Waals surface area contributed by atoms with Gasteiger partial charge in [0.15, 0.2) is 5.69 Å². The number of hydrogen-bond acceptors (Lipinski definition) is 2. The normalized spacial score (nSPS) is 11.7. The first-order chi connectivity index (χ1) is 11.4. The molecule has 0 aliphatic rings. The van der Waals surface area contributed by atoms with E-state index >= 15 is 0 Å². The summed E-state index contributed by atoms with van der Waals surface area (Å²) in [5.74, 6) is -0.0455. The Labute approximate surface area is 137 Å². The van der Waals surface area contributed by atoms with E-state index in [4.69, 9.17) is 5.73 Å². The van der Waals surface area contributed by atoms with Crippen LogP contribution in [-0.4, -0.2) is 9.78 Å². The highest BCUT2D eigenvalue weighted by Gasteiger charge is 2.39. The van der Waals surface area contributed by atoms with Crippen molar-refractivity contribution in [1.82, 2.24) is 9.78 Å². The van der Waals surface area contributed by atoms with Crippen LogP contribution < -0.4 is 5.73 Å². The SMILES string of the molecule is [CH2]Cc1ccc(-n2nc(C(F)(F)F)c(-c3ccccc3)c2N)cc1. The van der Waals surface area contributed by atoms with Gasteiger partial charge in [0.05, 0.1) is 11.3 Å². The summed E-state index contributed by atoms with van der Waals surface area (Å²) in [6.07, 6.45) is -4.00. The lowest BCUT2D eigenvalue weighted by Crippen LogP contribution is -2.08. The summed E-state index contributed by atoms with van der Waals surface area (Å²) in [4.78, 5) is 0. The molecule has 3 nitrogen and oxygen atoms in total. The molecule has 1 radical (unpaired) electrons. The van der Waals surface area contributed by atoms with E-state index in [1.807, 2.05) is 0 Å². The van der Waals surface area contributed by atoms with E-state index in [2.05, 4.69) is 12.0 Å². The van der Waals surface area contributed by atoms with Crippen molar-refractivity contribution in [3.05, 3.63) is 72.8 Å². The highest BCUT2D eigenvalue weighted by molar-refractivity contribution is 5.78. The van der Waals surface area contributed by atoms with Crippen LogP contribution in [0.5, 0.6) is 0 Å². The molecule has 2 N–H and O–H groups in total. The summed E-state index contributed by atoms with van der Waals surface area (Å²) in [5.41, 5.74) is 6.75. The molecular formula is C18H15F3N3. The molecule has 0 spiro atoms. The van der Waals surface area contributed by atoms with E-state index in [-0.39, 0.29) is 11.4 Å². The summed E-state index contributed by atoms with van der Waals surface area (Å²) in [7, 11) is 0. The minimum atomic E-state index is -4.60. The van der Waals surface area contributed by atoms with Crippen LogP contribution in [0.1, 0.15) is 11.3 Å². The van der Waals surface area contributed by atoms with Crippen molar-refractivity contribution >= 4 is 5.82 Å². The first-order valence-corrected chi connectivity index (χ1v) is 7.31. The third-order valence-corrected chi connectivity index (χ3v) is 3.72. The second kappa shape index (κ2) is 6.03. The molecule has 0 fully saturated rings. The zero-order valence-electron chi connectivity index (χ0n) is 12.7. The Morgan fingerprint density at radius 2 is 1.62 bits per heavy atom. The van der Waals surface area contributed by atoms with E-state index in [1.54, 1.807) is 54.6 Å². The van der Waals surface area contributed by atoms with Gasteiger partial charge in [-0.1, -0.05) is 42.5 Å². The third-order valence-electron chi connectivity index (χ3n) is 3.72. The van der Waals surface area contributed by atoms with Crippen LogP contribution in [0.15, 0.2) is 54.6 Å². The molecule has 3 aromatic rings. The van der Waals surface area contributed by atoms with E-state index in [9.17, 15) is 13.2 Å². The summed E-state index contributed by atoms with van der Waals surface area (Å²) < 4.78 is 41.4. The third kappa shape index (κ3) is 2.87. The Hall–Kier alpha value is -2.76. The number of anilines is 1. The van der Waals surface area contributed by atoms with Crippen molar-refractivity contribution in [3.63, 3.8) is 0 Å². The topological polar surface area (TPSA) is 43.8 Å². The summed E-state index contributed by atoms with van der Waals surface area (Å²) in [6.45, 7) is 3.77. The van der Waals surface area contributed by atoms with Gasteiger partial charge in [-0.15, -0.1) is 0 Å². The van der Waals surface area contributed by atoms with Crippen LogP contribution >= 0.6 is 0 Å². The maximum Gasteiger partial charge on any atom is 0.435 e. The number of nitrogen functional groups attached to an aromatic ring is 1. The molecule has 0 aliphatic carbocycles. The molecule has 0 unspecified atom stereocenters. The van der Waals surface area contributed by atoms with Crippen molar-refractivity contribution in [2.45, 2.75) is 12.6 Å². The van der Waals surface area contributed by atoms with Crippen LogP contribution in [0, 0.1) is 6.92 Å². The molecule has 6 heteroatoms. The lowest BCUT2D eigenvalue weighted by Gasteiger charge is -2.07. The van der Waals surface area contributed by atoms with E-state index in [1.165, 1.54) is 0 Å². The number of aromatic nitrogens is 2. The fourth-order valence-electron chi connectivity index (χ4n) is 2.52. The molecule has 0 saturated heterocycles. The quantitative estimate of drug-likeness (QED) is 0.767. The van der Waals surface area contributed by atoms with Gasteiger partial charge in [0.2, 0.25) is 0 Å². The Morgan fingerprint density at radius 1 is 1.00 bits per heavy atom. The van der Waals surface area contributed by atoms with Gasteiger partial charge in [-0.2, -0.15) is 18.3 Å². The predicted molar refractivity (Wildman–Crippen MR) is 87.5 cm³/mol. The van der Waals surface area contributed by atoms with E-state index in [0.29, 0.717) is 17.7 Å². The van der Waals surface area contributed by atoms with Gasteiger partial charge in [-0.3, -0.25) is 0 Å². The lowest BCUT2D eigenvalue weighted by molar-refractivity contribution is -0.140. The number of nitrogens with zero attached hydrogens (tertiary/aromatic N) is 2. The number of rotatable bonds is 3. The second-order valence-electron chi connectivity index (χ2n) is 5.30. The van der Waals surface area contributed by atoms with Gasteiger partial charge in [0, 0.05) is 0 Å². The minimum Gasteiger partial charge on any atom is -0.383 e. The Bertz CT molecular complexity index is 834. The van der Waals surface area contributed by atoms with Crippen molar-refractivity contribution in [2.75, 3.05) is 5.73 Å². The van der Waals surface area contributed by atoms with Gasteiger partial charge in [0.25, 0.3) is 0 Å². The van der Waals surface area contributed by atoms with Crippen LogP contribution in [0.3, 0.4) is 0 Å². The van der Waals surface area contributed by atoms with Crippen LogP contribution in [0.4, 0.5) is 19.0 Å². The highest BCUT2D eigenvalue weighted by atomic mass is 19.4. The van der Waals surface area contributed by atoms with Gasteiger partial charge >= 0.3 is 6.18 Å². The summed E-state index contributed by atoms with van der Waals surface area (Å²) >= 11 is 0. The average molecular weight is 330 g/mol. The van der Waals surface area contributed by atoms with Crippen molar-refractivity contribution in [3.8, 4) is 16.8 Å². The van der Waals surface area contributed by atoms with Gasteiger partial charge in [-0.05, 0) is 36.6 Å². The Balaban J connectivity index is 2.20. The van der Waals surface area contributed by atoms with Gasteiger partial charge in [-0.25, -0.2) is 4.68 Å². The fourth-order valence-corrected chi connectivity index (χ4v) is 2.52. The Kier molecular flexibility index (Phi) is 4.05. The number of benzene rings is 2. The molecule has 0 aliphatic heterocycles. The first-order valence-electron chi connectivity index (χ1n) is 7.31. The van der Waals surface area contributed by atoms with Gasteiger partial charge in [0.1, 0.15) is 5.82 Å². The molecule has 1 heterocycles. The monoisotopic (exact) mass is 330 g/mol. The number of hydrogen-bond donors (Lipinski definition) is 1. The zero-order chi connectivity index (χ0) is 17.3. The van der Waals surface area contributed by atoms with E-state index in [0.717, 1.165) is 10.2 Å². The number of nitrogens with two attached hydrogens (primary N) is 1. The van der Waals surface area contributed by atoms with Crippen LogP contribution in [-0.2, 0) is 12.6 Å². The van der Waals surface area contributed by atoms with Gasteiger partial charge < -0.3 is 5.73 Å². The standard InChI is InChI=1S/C18H15F3N3/c1-2-12-8-10-14(11-9-12)24-17(22)15(13-6-4-3-5-7-13)16(23-24)18(19,20)21/h3-11H,1-2,22H2. The van der Waals surface area contributed by atoms with Crippen LogP contribution in [0.2, 0.25) is 0 Å². The molecule has 0 atom stereocenters. The summed E-state index contributed by atoms with van der Waals surface area (Å²) in [6, 6.07) is 15.2. The minimum absolute atomic E-state index is 0.0455. The Morgan fingerprint density at radius 3 is 2.17 bits per heavy atom. The molecule has 0 bridgehead atoms. The molecule has 3 rings (SSSR count). The fraction of sp³-hybridized carbons (Fsp3) is 0.111. The molecular weight excluding hydrogens is 315 g/mol. The average Bonchev–Trinajstić information content (AvgIpc) is 2.93. The van der Waals surface area contributed by atoms with E-state index < -0.39 is 11.9 Å². The maximum atomic E-state index is 13.4. The smallest absolute Gasteiger partial charge is 0.383 e. The molecule has 0 saturated carbocycles.